The molecule has 0 amide bonds. The maximum absolute atomic E-state index is 12.1. The summed E-state index contributed by atoms with van der Waals surface area (Å²) in [6.45, 7) is 4.19. The molecule has 2 rings (SSSR count). The van der Waals surface area contributed by atoms with Gasteiger partial charge >= 0.3 is 0 Å². The fourth-order valence-corrected chi connectivity index (χ4v) is 2.11. The molecule has 1 heteroatoms. The van der Waals surface area contributed by atoms with Crippen LogP contribution in [0.5, 0.6) is 0 Å². The first kappa shape index (κ1) is 12.6. The minimum absolute atomic E-state index is 0.213. The van der Waals surface area contributed by atoms with Crippen LogP contribution < -0.4 is 0 Å². The van der Waals surface area contributed by atoms with E-state index in [1.165, 1.54) is 11.1 Å². The van der Waals surface area contributed by atoms with E-state index >= 15 is 0 Å². The molecule has 0 heterocycles. The summed E-state index contributed by atoms with van der Waals surface area (Å²) in [4.78, 5) is 12.1. The SMILES string of the molecule is Cc1cccc(C(C)CC(=O)c2ccccc2)c1. The lowest BCUT2D eigenvalue weighted by Crippen LogP contribution is -2.05. The highest BCUT2D eigenvalue weighted by atomic mass is 16.1. The van der Waals surface area contributed by atoms with E-state index in [9.17, 15) is 4.79 Å². The summed E-state index contributed by atoms with van der Waals surface area (Å²) in [5.41, 5.74) is 3.28. The predicted octanol–water partition coefficient (Wildman–Crippen LogP) is 4.37. The highest BCUT2D eigenvalue weighted by Crippen LogP contribution is 2.21. The van der Waals surface area contributed by atoms with E-state index in [0.717, 1.165) is 5.56 Å². The van der Waals surface area contributed by atoms with E-state index in [1.807, 2.05) is 36.4 Å². The molecule has 0 bridgehead atoms. The van der Waals surface area contributed by atoms with Crippen molar-refractivity contribution in [1.82, 2.24) is 0 Å². The van der Waals surface area contributed by atoms with Gasteiger partial charge in [0.2, 0.25) is 0 Å². The molecule has 18 heavy (non-hydrogen) atoms. The molecule has 2 aromatic carbocycles. The minimum atomic E-state index is 0.213. The molecule has 0 spiro atoms. The number of ketones is 1. The molecule has 0 saturated carbocycles. The van der Waals surface area contributed by atoms with Crippen LogP contribution in [0.3, 0.4) is 0 Å². The second-order valence-corrected chi connectivity index (χ2v) is 4.81. The molecule has 0 aromatic heterocycles. The maximum atomic E-state index is 12.1. The third kappa shape index (κ3) is 3.07. The number of hydrogen-bond donors (Lipinski definition) is 0. The van der Waals surface area contributed by atoms with Crippen LogP contribution in [0.1, 0.15) is 40.7 Å². The van der Waals surface area contributed by atoms with Crippen molar-refractivity contribution < 1.29 is 4.79 Å². The maximum Gasteiger partial charge on any atom is 0.163 e. The Bertz CT molecular complexity index is 528. The Balaban J connectivity index is 2.08. The quantitative estimate of drug-likeness (QED) is 0.723. The summed E-state index contributed by atoms with van der Waals surface area (Å²) in [7, 11) is 0. The lowest BCUT2D eigenvalue weighted by atomic mass is 9.92. The average molecular weight is 238 g/mol. The van der Waals surface area contributed by atoms with Crippen molar-refractivity contribution in [1.29, 1.82) is 0 Å². The molecular weight excluding hydrogens is 220 g/mol. The third-order valence-electron chi connectivity index (χ3n) is 3.20. The second-order valence-electron chi connectivity index (χ2n) is 4.81. The molecule has 0 radical (unpaired) electrons. The predicted molar refractivity (Wildman–Crippen MR) is 75.0 cm³/mol. The highest BCUT2D eigenvalue weighted by Gasteiger charge is 2.12. The lowest BCUT2D eigenvalue weighted by Gasteiger charge is -2.11. The van der Waals surface area contributed by atoms with Crippen LogP contribution in [0.15, 0.2) is 54.6 Å². The van der Waals surface area contributed by atoms with Gasteiger partial charge in [-0.2, -0.15) is 0 Å². The van der Waals surface area contributed by atoms with Crippen molar-refractivity contribution in [3.05, 3.63) is 71.3 Å². The smallest absolute Gasteiger partial charge is 0.163 e. The van der Waals surface area contributed by atoms with Crippen LogP contribution in [-0.4, -0.2) is 5.78 Å². The molecule has 2 aromatic rings. The van der Waals surface area contributed by atoms with E-state index in [-0.39, 0.29) is 11.7 Å². The van der Waals surface area contributed by atoms with Gasteiger partial charge in [-0.1, -0.05) is 67.1 Å². The number of benzene rings is 2. The van der Waals surface area contributed by atoms with Crippen molar-refractivity contribution in [2.75, 3.05) is 0 Å². The van der Waals surface area contributed by atoms with E-state index in [2.05, 4.69) is 32.0 Å². The van der Waals surface area contributed by atoms with Gasteiger partial charge in [0.1, 0.15) is 0 Å². The van der Waals surface area contributed by atoms with Gasteiger partial charge in [-0.25, -0.2) is 0 Å². The largest absolute Gasteiger partial charge is 0.294 e. The zero-order valence-electron chi connectivity index (χ0n) is 10.9. The Hall–Kier alpha value is -1.89. The van der Waals surface area contributed by atoms with Crippen LogP contribution in [-0.2, 0) is 0 Å². The summed E-state index contributed by atoms with van der Waals surface area (Å²) >= 11 is 0. The van der Waals surface area contributed by atoms with Gasteiger partial charge in [0.15, 0.2) is 5.78 Å². The van der Waals surface area contributed by atoms with E-state index in [0.29, 0.717) is 6.42 Å². The number of Topliss-reactive ketones (excluding diaryl/α,β-unsaturated/α-hetero) is 1. The Morgan fingerprint density at radius 1 is 1.06 bits per heavy atom. The Morgan fingerprint density at radius 3 is 2.44 bits per heavy atom. The van der Waals surface area contributed by atoms with Gasteiger partial charge in [-0.05, 0) is 18.4 Å². The van der Waals surface area contributed by atoms with Crippen LogP contribution in [0.25, 0.3) is 0 Å². The first-order valence-electron chi connectivity index (χ1n) is 6.31. The number of carbonyl (C=O) groups excluding carboxylic acids is 1. The zero-order valence-corrected chi connectivity index (χ0v) is 10.9. The number of rotatable bonds is 4. The molecule has 1 unspecified atom stereocenters. The van der Waals surface area contributed by atoms with Crippen LogP contribution in [0, 0.1) is 6.92 Å². The van der Waals surface area contributed by atoms with Gasteiger partial charge in [0.05, 0.1) is 0 Å². The summed E-state index contributed by atoms with van der Waals surface area (Å²) in [5, 5.41) is 0. The first-order chi connectivity index (χ1) is 8.66. The van der Waals surface area contributed by atoms with E-state index < -0.39 is 0 Å². The van der Waals surface area contributed by atoms with Crippen molar-refractivity contribution in [2.24, 2.45) is 0 Å². The fraction of sp³-hybridized carbons (Fsp3) is 0.235. The van der Waals surface area contributed by atoms with Crippen LogP contribution in [0.2, 0.25) is 0 Å². The van der Waals surface area contributed by atoms with Gasteiger partial charge in [-0.15, -0.1) is 0 Å². The zero-order chi connectivity index (χ0) is 13.0. The molecule has 1 atom stereocenters. The van der Waals surface area contributed by atoms with Crippen molar-refractivity contribution in [3.63, 3.8) is 0 Å². The molecule has 92 valence electrons. The van der Waals surface area contributed by atoms with Crippen molar-refractivity contribution in [2.45, 2.75) is 26.2 Å². The Labute approximate surface area is 108 Å². The summed E-state index contributed by atoms with van der Waals surface area (Å²) in [6.07, 6.45) is 0.563. The van der Waals surface area contributed by atoms with Crippen LogP contribution in [0.4, 0.5) is 0 Å². The van der Waals surface area contributed by atoms with Gasteiger partial charge in [-0.3, -0.25) is 4.79 Å². The summed E-state index contributed by atoms with van der Waals surface area (Å²) in [6, 6.07) is 17.9. The van der Waals surface area contributed by atoms with Crippen molar-refractivity contribution >= 4 is 5.78 Å². The summed E-state index contributed by atoms with van der Waals surface area (Å²) in [5.74, 6) is 0.474. The highest BCUT2D eigenvalue weighted by molar-refractivity contribution is 5.96. The molecule has 0 aliphatic rings. The molecular formula is C17H18O. The molecule has 0 saturated heterocycles. The van der Waals surface area contributed by atoms with E-state index in [4.69, 9.17) is 0 Å². The fourth-order valence-electron chi connectivity index (χ4n) is 2.11. The standard InChI is InChI=1S/C17H18O/c1-13-7-6-10-16(11-13)14(2)12-17(18)15-8-4-3-5-9-15/h3-11,14H,12H2,1-2H3. The topological polar surface area (TPSA) is 17.1 Å². The lowest BCUT2D eigenvalue weighted by molar-refractivity contribution is 0.0975. The summed E-state index contributed by atoms with van der Waals surface area (Å²) < 4.78 is 0. The number of aryl methyl sites for hydroxylation is 1. The Kier molecular flexibility index (Phi) is 3.93. The van der Waals surface area contributed by atoms with Crippen LogP contribution >= 0.6 is 0 Å². The van der Waals surface area contributed by atoms with Gasteiger partial charge in [0, 0.05) is 12.0 Å². The number of carbonyl (C=O) groups is 1. The van der Waals surface area contributed by atoms with E-state index in [1.54, 1.807) is 0 Å². The van der Waals surface area contributed by atoms with Crippen molar-refractivity contribution in [3.8, 4) is 0 Å². The molecule has 0 fully saturated rings. The normalized spacial score (nSPS) is 12.1. The van der Waals surface area contributed by atoms with Gasteiger partial charge < -0.3 is 0 Å². The minimum Gasteiger partial charge on any atom is -0.294 e. The molecule has 0 aliphatic carbocycles. The second kappa shape index (κ2) is 5.63. The van der Waals surface area contributed by atoms with Gasteiger partial charge in [0.25, 0.3) is 0 Å². The molecule has 1 nitrogen and oxygen atoms in total. The monoisotopic (exact) mass is 238 g/mol. The Morgan fingerprint density at radius 2 is 1.78 bits per heavy atom. The third-order valence-corrected chi connectivity index (χ3v) is 3.20. The average Bonchev–Trinajstić information content (AvgIpc) is 2.39. The number of hydrogen-bond acceptors (Lipinski definition) is 1. The molecule has 0 aliphatic heterocycles. The molecule has 0 N–H and O–H groups in total. The first-order valence-corrected chi connectivity index (χ1v) is 6.31.